The first kappa shape index (κ1) is 15.2. The van der Waals surface area contributed by atoms with E-state index in [1.165, 1.54) is 6.07 Å². The molecule has 0 amide bonds. The van der Waals surface area contributed by atoms with Crippen molar-refractivity contribution in [1.29, 1.82) is 0 Å². The van der Waals surface area contributed by atoms with Crippen molar-refractivity contribution in [3.05, 3.63) is 38.9 Å². The molecule has 1 aromatic carbocycles. The minimum atomic E-state index is -0.392. The van der Waals surface area contributed by atoms with Crippen molar-refractivity contribution in [3.63, 3.8) is 0 Å². The van der Waals surface area contributed by atoms with Gasteiger partial charge in [-0.15, -0.1) is 0 Å². The van der Waals surface area contributed by atoms with Gasteiger partial charge in [0.05, 0.1) is 21.1 Å². The molecule has 1 aliphatic heterocycles. The van der Waals surface area contributed by atoms with Crippen molar-refractivity contribution < 1.29 is 9.66 Å². The lowest BCUT2D eigenvalue weighted by Crippen LogP contribution is -2.43. The molecule has 1 saturated heterocycles. The van der Waals surface area contributed by atoms with Crippen molar-refractivity contribution in [2.24, 2.45) is 0 Å². The largest absolute Gasteiger partial charge is 0.375 e. The maximum Gasteiger partial charge on any atom is 0.275 e. The summed E-state index contributed by atoms with van der Waals surface area (Å²) in [5.41, 5.74) is 0.460. The van der Waals surface area contributed by atoms with Crippen LogP contribution < -0.4 is 5.32 Å². The van der Waals surface area contributed by atoms with E-state index in [1.807, 2.05) is 0 Å². The molecule has 6 heteroatoms. The molecular formula is C14H19ClN2O3. The number of nitro groups is 1. The molecule has 0 radical (unpaired) electrons. The molecule has 1 N–H and O–H groups in total. The Bertz CT molecular complexity index is 505. The predicted molar refractivity (Wildman–Crippen MR) is 78.0 cm³/mol. The highest BCUT2D eigenvalue weighted by Crippen LogP contribution is 2.28. The molecule has 0 spiro atoms. The van der Waals surface area contributed by atoms with Gasteiger partial charge < -0.3 is 10.1 Å². The number of nitrogens with one attached hydrogen (secondary N) is 1. The van der Waals surface area contributed by atoms with E-state index in [0.29, 0.717) is 23.7 Å². The van der Waals surface area contributed by atoms with Gasteiger partial charge in [0, 0.05) is 25.3 Å². The van der Waals surface area contributed by atoms with Gasteiger partial charge in [-0.2, -0.15) is 0 Å². The summed E-state index contributed by atoms with van der Waals surface area (Å²) in [5, 5.41) is 14.8. The first-order valence-electron chi connectivity index (χ1n) is 6.68. The number of hydrogen-bond donors (Lipinski definition) is 1. The Morgan fingerprint density at radius 3 is 2.95 bits per heavy atom. The highest BCUT2D eigenvalue weighted by Gasteiger charge is 2.29. The maximum absolute atomic E-state index is 11.0. The average Bonchev–Trinajstić information content (AvgIpc) is 2.35. The van der Waals surface area contributed by atoms with Crippen molar-refractivity contribution in [3.8, 4) is 0 Å². The average molecular weight is 299 g/mol. The lowest BCUT2D eigenvalue weighted by molar-refractivity contribution is -0.385. The molecule has 20 heavy (non-hydrogen) atoms. The molecule has 1 atom stereocenters. The van der Waals surface area contributed by atoms with Crippen molar-refractivity contribution in [1.82, 2.24) is 5.32 Å². The van der Waals surface area contributed by atoms with E-state index in [2.05, 4.69) is 19.2 Å². The summed E-state index contributed by atoms with van der Waals surface area (Å²) >= 11 is 6.08. The van der Waals surface area contributed by atoms with E-state index in [-0.39, 0.29) is 17.3 Å². The third-order valence-electron chi connectivity index (χ3n) is 3.56. The van der Waals surface area contributed by atoms with Crippen LogP contribution in [0.2, 0.25) is 5.02 Å². The minimum Gasteiger partial charge on any atom is -0.375 e. The summed E-state index contributed by atoms with van der Waals surface area (Å²) in [6.45, 7) is 5.21. The van der Waals surface area contributed by atoms with E-state index in [1.54, 1.807) is 12.1 Å². The molecular weight excluding hydrogens is 280 g/mol. The fourth-order valence-electron chi connectivity index (χ4n) is 2.55. The van der Waals surface area contributed by atoms with Gasteiger partial charge in [-0.05, 0) is 32.8 Å². The smallest absolute Gasteiger partial charge is 0.275 e. The lowest BCUT2D eigenvalue weighted by Gasteiger charge is -2.36. The molecule has 110 valence electrons. The van der Waals surface area contributed by atoms with Gasteiger partial charge in [0.1, 0.15) is 0 Å². The highest BCUT2D eigenvalue weighted by atomic mass is 35.5. The van der Waals surface area contributed by atoms with Crippen LogP contribution in [0.5, 0.6) is 0 Å². The molecule has 1 aliphatic rings. The van der Waals surface area contributed by atoms with Crippen LogP contribution in [0.4, 0.5) is 5.69 Å². The Morgan fingerprint density at radius 1 is 1.55 bits per heavy atom. The fraction of sp³-hybridized carbons (Fsp3) is 0.571. The maximum atomic E-state index is 11.0. The SMILES string of the molecule is CC1(C)CC(NCc2c(Cl)cccc2[N+](=O)[O-])CCO1. The van der Waals surface area contributed by atoms with Crippen LogP contribution in [0.1, 0.15) is 32.3 Å². The molecule has 0 aliphatic carbocycles. The number of benzene rings is 1. The Morgan fingerprint density at radius 2 is 2.30 bits per heavy atom. The topological polar surface area (TPSA) is 64.4 Å². The highest BCUT2D eigenvalue weighted by molar-refractivity contribution is 6.31. The summed E-state index contributed by atoms with van der Waals surface area (Å²) < 4.78 is 5.66. The second-order valence-corrected chi connectivity index (χ2v) is 6.08. The Kier molecular flexibility index (Phi) is 4.62. The molecule has 5 nitrogen and oxygen atoms in total. The zero-order chi connectivity index (χ0) is 14.8. The van der Waals surface area contributed by atoms with E-state index >= 15 is 0 Å². The summed E-state index contributed by atoms with van der Waals surface area (Å²) in [5.74, 6) is 0. The second kappa shape index (κ2) is 6.08. The third-order valence-corrected chi connectivity index (χ3v) is 3.91. The predicted octanol–water partition coefficient (Wildman–Crippen LogP) is 3.30. The van der Waals surface area contributed by atoms with Crippen molar-refractivity contribution in [2.45, 2.75) is 44.9 Å². The zero-order valence-corrected chi connectivity index (χ0v) is 12.4. The van der Waals surface area contributed by atoms with Crippen molar-refractivity contribution in [2.75, 3.05) is 6.61 Å². The second-order valence-electron chi connectivity index (χ2n) is 5.67. The quantitative estimate of drug-likeness (QED) is 0.684. The fourth-order valence-corrected chi connectivity index (χ4v) is 2.78. The lowest BCUT2D eigenvalue weighted by atomic mass is 9.94. The van der Waals surface area contributed by atoms with Crippen LogP contribution in [0.15, 0.2) is 18.2 Å². The molecule has 0 aromatic heterocycles. The van der Waals surface area contributed by atoms with Crippen LogP contribution in [-0.2, 0) is 11.3 Å². The van der Waals surface area contributed by atoms with E-state index < -0.39 is 4.92 Å². The molecule has 2 rings (SSSR count). The molecule has 1 unspecified atom stereocenters. The van der Waals surface area contributed by atoms with Gasteiger partial charge >= 0.3 is 0 Å². The van der Waals surface area contributed by atoms with Crippen molar-refractivity contribution >= 4 is 17.3 Å². The number of hydrogen-bond acceptors (Lipinski definition) is 4. The third kappa shape index (κ3) is 3.69. The normalized spacial score (nSPS) is 21.6. The number of nitro benzene ring substituents is 1. The van der Waals surface area contributed by atoms with Crippen LogP contribution in [-0.4, -0.2) is 23.2 Å². The molecule has 0 bridgehead atoms. The summed E-state index contributed by atoms with van der Waals surface area (Å²) in [7, 11) is 0. The standard InChI is InChI=1S/C14H19ClN2O3/c1-14(2)8-10(6-7-20-14)16-9-11-12(15)4-3-5-13(11)17(18)19/h3-5,10,16H,6-9H2,1-2H3. The number of rotatable bonds is 4. The van der Waals surface area contributed by atoms with Gasteiger partial charge in [-0.25, -0.2) is 0 Å². The van der Waals surface area contributed by atoms with E-state index in [0.717, 1.165) is 12.8 Å². The van der Waals surface area contributed by atoms with Gasteiger partial charge in [0.2, 0.25) is 0 Å². The first-order valence-corrected chi connectivity index (χ1v) is 7.06. The van der Waals surface area contributed by atoms with Gasteiger partial charge in [-0.3, -0.25) is 10.1 Å². The Hall–Kier alpha value is -1.17. The first-order chi connectivity index (χ1) is 9.39. The van der Waals surface area contributed by atoms with Crippen LogP contribution in [0.3, 0.4) is 0 Å². The number of ether oxygens (including phenoxy) is 1. The summed E-state index contributed by atoms with van der Waals surface area (Å²) in [6, 6.07) is 5.05. The van der Waals surface area contributed by atoms with Gasteiger partial charge in [0.15, 0.2) is 0 Å². The minimum absolute atomic E-state index is 0.0660. The summed E-state index contributed by atoms with van der Waals surface area (Å²) in [6.07, 6.45) is 1.78. The van der Waals surface area contributed by atoms with Gasteiger partial charge in [-0.1, -0.05) is 17.7 Å². The van der Waals surface area contributed by atoms with E-state index in [9.17, 15) is 10.1 Å². The Labute approximate surface area is 123 Å². The molecule has 1 aromatic rings. The van der Waals surface area contributed by atoms with Crippen LogP contribution >= 0.6 is 11.6 Å². The number of halogens is 1. The molecule has 1 heterocycles. The number of nitrogens with zero attached hydrogens (tertiary/aromatic N) is 1. The van der Waals surface area contributed by atoms with Crippen LogP contribution in [0, 0.1) is 10.1 Å². The Balaban J connectivity index is 2.06. The van der Waals surface area contributed by atoms with Gasteiger partial charge in [0.25, 0.3) is 5.69 Å². The van der Waals surface area contributed by atoms with E-state index in [4.69, 9.17) is 16.3 Å². The van der Waals surface area contributed by atoms with Crippen LogP contribution in [0.25, 0.3) is 0 Å². The monoisotopic (exact) mass is 298 g/mol. The molecule has 1 fully saturated rings. The zero-order valence-electron chi connectivity index (χ0n) is 11.7. The summed E-state index contributed by atoms with van der Waals surface area (Å²) in [4.78, 5) is 10.6. The molecule has 0 saturated carbocycles.